The SMILES string of the molecule is CC(NC(=O)CC1(N)CCC1)c1ccc(Cl)cc1Cl. The maximum absolute atomic E-state index is 12.0. The third-order valence-corrected chi connectivity index (χ3v) is 4.23. The standard InChI is InChI=1S/C14H18Cl2N2O/c1-9(11-4-3-10(15)7-12(11)16)18-13(19)8-14(17)5-2-6-14/h3-4,7,9H,2,5-6,8,17H2,1H3,(H,18,19). The van der Waals surface area contributed by atoms with Crippen LogP contribution in [0, 0.1) is 0 Å². The van der Waals surface area contributed by atoms with Crippen LogP contribution < -0.4 is 11.1 Å². The second-order valence-corrected chi connectivity index (χ2v) is 6.19. The van der Waals surface area contributed by atoms with Crippen molar-refractivity contribution >= 4 is 29.1 Å². The van der Waals surface area contributed by atoms with Gasteiger partial charge in [-0.05, 0) is 43.9 Å². The van der Waals surface area contributed by atoms with Gasteiger partial charge in [0.25, 0.3) is 0 Å². The molecule has 1 amide bonds. The summed E-state index contributed by atoms with van der Waals surface area (Å²) in [6.45, 7) is 1.90. The van der Waals surface area contributed by atoms with E-state index in [0.29, 0.717) is 16.5 Å². The lowest BCUT2D eigenvalue weighted by Gasteiger charge is -2.37. The van der Waals surface area contributed by atoms with E-state index in [1.54, 1.807) is 12.1 Å². The topological polar surface area (TPSA) is 55.1 Å². The number of amides is 1. The summed E-state index contributed by atoms with van der Waals surface area (Å²) in [4.78, 5) is 12.0. The quantitative estimate of drug-likeness (QED) is 0.895. The van der Waals surface area contributed by atoms with Crippen LogP contribution in [0.4, 0.5) is 0 Å². The molecule has 0 bridgehead atoms. The highest BCUT2D eigenvalue weighted by Gasteiger charge is 2.34. The second-order valence-electron chi connectivity index (χ2n) is 5.35. The van der Waals surface area contributed by atoms with E-state index >= 15 is 0 Å². The van der Waals surface area contributed by atoms with Crippen LogP contribution in [0.25, 0.3) is 0 Å². The molecule has 1 aliphatic carbocycles. The Morgan fingerprint density at radius 2 is 2.16 bits per heavy atom. The van der Waals surface area contributed by atoms with Gasteiger partial charge in [-0.2, -0.15) is 0 Å². The van der Waals surface area contributed by atoms with E-state index < -0.39 is 0 Å². The van der Waals surface area contributed by atoms with Gasteiger partial charge in [-0.3, -0.25) is 4.79 Å². The Morgan fingerprint density at radius 1 is 1.47 bits per heavy atom. The van der Waals surface area contributed by atoms with Crippen molar-refractivity contribution in [2.75, 3.05) is 0 Å². The van der Waals surface area contributed by atoms with Gasteiger partial charge in [-0.15, -0.1) is 0 Å². The molecule has 1 aromatic rings. The van der Waals surface area contributed by atoms with E-state index in [1.165, 1.54) is 0 Å². The van der Waals surface area contributed by atoms with Crippen molar-refractivity contribution in [2.24, 2.45) is 5.73 Å². The first-order valence-electron chi connectivity index (χ1n) is 6.43. The predicted molar refractivity (Wildman–Crippen MR) is 78.4 cm³/mol. The molecule has 0 heterocycles. The molecule has 0 spiro atoms. The lowest BCUT2D eigenvalue weighted by atomic mass is 9.75. The molecule has 1 aliphatic rings. The fourth-order valence-corrected chi connectivity index (χ4v) is 2.92. The molecule has 1 fully saturated rings. The minimum absolute atomic E-state index is 0.0271. The van der Waals surface area contributed by atoms with Crippen molar-refractivity contribution in [3.05, 3.63) is 33.8 Å². The van der Waals surface area contributed by atoms with Crippen molar-refractivity contribution in [2.45, 2.75) is 44.2 Å². The van der Waals surface area contributed by atoms with Crippen LogP contribution >= 0.6 is 23.2 Å². The fraction of sp³-hybridized carbons (Fsp3) is 0.500. The van der Waals surface area contributed by atoms with Crippen molar-refractivity contribution in [1.82, 2.24) is 5.32 Å². The van der Waals surface area contributed by atoms with Gasteiger partial charge in [0.05, 0.1) is 6.04 Å². The van der Waals surface area contributed by atoms with Gasteiger partial charge in [-0.25, -0.2) is 0 Å². The maximum atomic E-state index is 12.0. The molecule has 1 atom stereocenters. The zero-order chi connectivity index (χ0) is 14.0. The molecular weight excluding hydrogens is 283 g/mol. The van der Waals surface area contributed by atoms with Gasteiger partial charge in [0.2, 0.25) is 5.91 Å². The Kier molecular flexibility index (Phi) is 4.39. The molecule has 3 nitrogen and oxygen atoms in total. The summed E-state index contributed by atoms with van der Waals surface area (Å²) in [7, 11) is 0. The molecular formula is C14H18Cl2N2O. The van der Waals surface area contributed by atoms with E-state index in [1.807, 2.05) is 13.0 Å². The maximum Gasteiger partial charge on any atom is 0.222 e. The lowest BCUT2D eigenvalue weighted by molar-refractivity contribution is -0.123. The highest BCUT2D eigenvalue weighted by molar-refractivity contribution is 6.35. The number of carbonyl (C=O) groups excluding carboxylic acids is 1. The molecule has 1 unspecified atom stereocenters. The Bertz CT molecular complexity index is 486. The third kappa shape index (κ3) is 3.62. The molecule has 2 rings (SSSR count). The summed E-state index contributed by atoms with van der Waals surface area (Å²) in [5.41, 5.74) is 6.63. The largest absolute Gasteiger partial charge is 0.349 e. The molecule has 1 saturated carbocycles. The first-order valence-corrected chi connectivity index (χ1v) is 7.18. The number of benzene rings is 1. The van der Waals surface area contributed by atoms with Crippen LogP contribution in [0.1, 0.15) is 44.2 Å². The monoisotopic (exact) mass is 300 g/mol. The van der Waals surface area contributed by atoms with E-state index in [9.17, 15) is 4.79 Å². The van der Waals surface area contributed by atoms with Gasteiger partial charge >= 0.3 is 0 Å². The number of hydrogen-bond donors (Lipinski definition) is 2. The van der Waals surface area contributed by atoms with E-state index in [-0.39, 0.29) is 17.5 Å². The minimum atomic E-state index is -0.298. The van der Waals surface area contributed by atoms with E-state index in [2.05, 4.69) is 5.32 Å². The Labute approximate surface area is 123 Å². The fourth-order valence-electron chi connectivity index (χ4n) is 2.35. The van der Waals surface area contributed by atoms with Crippen LogP contribution in [-0.2, 0) is 4.79 Å². The molecule has 19 heavy (non-hydrogen) atoms. The van der Waals surface area contributed by atoms with E-state index in [0.717, 1.165) is 24.8 Å². The average Bonchev–Trinajstić information content (AvgIpc) is 2.26. The second kappa shape index (κ2) is 5.70. The van der Waals surface area contributed by atoms with Crippen LogP contribution in [-0.4, -0.2) is 11.4 Å². The summed E-state index contributed by atoms with van der Waals surface area (Å²) < 4.78 is 0. The van der Waals surface area contributed by atoms with Crippen molar-refractivity contribution in [3.63, 3.8) is 0 Å². The van der Waals surface area contributed by atoms with Crippen LogP contribution in [0.2, 0.25) is 10.0 Å². The number of halogens is 2. The highest BCUT2D eigenvalue weighted by atomic mass is 35.5. The molecule has 0 aliphatic heterocycles. The lowest BCUT2D eigenvalue weighted by Crippen LogP contribution is -2.50. The van der Waals surface area contributed by atoms with Crippen LogP contribution in [0.5, 0.6) is 0 Å². The van der Waals surface area contributed by atoms with E-state index in [4.69, 9.17) is 28.9 Å². The van der Waals surface area contributed by atoms with Crippen molar-refractivity contribution < 1.29 is 4.79 Å². The third-order valence-electron chi connectivity index (χ3n) is 3.67. The van der Waals surface area contributed by atoms with Gasteiger partial charge in [0.15, 0.2) is 0 Å². The molecule has 5 heteroatoms. The zero-order valence-electron chi connectivity index (χ0n) is 10.9. The summed E-state index contributed by atoms with van der Waals surface area (Å²) in [5, 5.41) is 4.08. The highest BCUT2D eigenvalue weighted by Crippen LogP contribution is 2.32. The van der Waals surface area contributed by atoms with Gasteiger partial charge in [0.1, 0.15) is 0 Å². The molecule has 104 valence electrons. The van der Waals surface area contributed by atoms with Crippen LogP contribution in [0.3, 0.4) is 0 Å². The Hall–Kier alpha value is -0.770. The molecule has 0 aromatic heterocycles. The number of rotatable bonds is 4. The molecule has 3 N–H and O–H groups in total. The predicted octanol–water partition coefficient (Wildman–Crippen LogP) is 3.44. The Balaban J connectivity index is 1.96. The van der Waals surface area contributed by atoms with Gasteiger partial charge in [-0.1, -0.05) is 29.3 Å². The van der Waals surface area contributed by atoms with Crippen LogP contribution in [0.15, 0.2) is 18.2 Å². The summed E-state index contributed by atoms with van der Waals surface area (Å²) >= 11 is 12.0. The van der Waals surface area contributed by atoms with Gasteiger partial charge < -0.3 is 11.1 Å². The number of nitrogens with two attached hydrogens (primary N) is 1. The first-order chi connectivity index (χ1) is 8.89. The van der Waals surface area contributed by atoms with Crippen molar-refractivity contribution in [1.29, 1.82) is 0 Å². The molecule has 0 radical (unpaired) electrons. The normalized spacial score (nSPS) is 18.5. The number of nitrogens with one attached hydrogen (secondary N) is 1. The number of hydrogen-bond acceptors (Lipinski definition) is 2. The van der Waals surface area contributed by atoms with Gasteiger partial charge in [0, 0.05) is 22.0 Å². The minimum Gasteiger partial charge on any atom is -0.349 e. The summed E-state index contributed by atoms with van der Waals surface area (Å²) in [6.07, 6.45) is 3.35. The Morgan fingerprint density at radius 3 is 2.68 bits per heavy atom. The van der Waals surface area contributed by atoms with Crippen molar-refractivity contribution in [3.8, 4) is 0 Å². The molecule has 0 saturated heterocycles. The number of carbonyl (C=O) groups is 1. The zero-order valence-corrected chi connectivity index (χ0v) is 12.4. The summed E-state index contributed by atoms with van der Waals surface area (Å²) in [6, 6.07) is 5.12. The first kappa shape index (κ1) is 14.6. The molecule has 1 aromatic carbocycles. The smallest absolute Gasteiger partial charge is 0.222 e. The average molecular weight is 301 g/mol. The summed E-state index contributed by atoms with van der Waals surface area (Å²) in [5.74, 6) is -0.0271.